The number of benzene rings is 2. The second-order valence-corrected chi connectivity index (χ2v) is 8.58. The van der Waals surface area contributed by atoms with Gasteiger partial charge in [0.1, 0.15) is 11.0 Å². The van der Waals surface area contributed by atoms with Crippen molar-refractivity contribution in [1.82, 2.24) is 15.5 Å². The minimum atomic E-state index is -0.707. The molecule has 0 fully saturated rings. The molecule has 0 aliphatic heterocycles. The van der Waals surface area contributed by atoms with Gasteiger partial charge in [-0.15, -0.1) is 10.2 Å². The van der Waals surface area contributed by atoms with E-state index < -0.39 is 12.1 Å². The van der Waals surface area contributed by atoms with Crippen LogP contribution in [0.25, 0.3) is 10.6 Å². The van der Waals surface area contributed by atoms with Gasteiger partial charge >= 0.3 is 6.03 Å². The molecule has 2 atom stereocenters. The lowest BCUT2D eigenvalue weighted by atomic mass is 9.98. The van der Waals surface area contributed by atoms with Crippen molar-refractivity contribution in [3.05, 3.63) is 59.7 Å². The van der Waals surface area contributed by atoms with Crippen LogP contribution in [0.5, 0.6) is 0 Å². The zero-order chi connectivity index (χ0) is 22.4. The normalized spacial score (nSPS) is 12.6. The standard InChI is InChI=1S/C23H27N5O2S/c1-5-16(4)19(25-22(30)24-18-11-7-9-15(3)13-18)20(29)26-23-28-27-21(31-23)17-10-6-8-14(2)12-17/h6-13,16,19H,5H2,1-4H3,(H2,24,25,30)(H,26,28,29)/t16-,19+/m0/s1. The van der Waals surface area contributed by atoms with Gasteiger partial charge in [-0.3, -0.25) is 10.1 Å². The molecule has 0 unspecified atom stereocenters. The van der Waals surface area contributed by atoms with Crippen LogP contribution in [0.1, 0.15) is 31.4 Å². The van der Waals surface area contributed by atoms with E-state index in [-0.39, 0.29) is 11.8 Å². The monoisotopic (exact) mass is 437 g/mol. The number of hydrogen-bond acceptors (Lipinski definition) is 5. The van der Waals surface area contributed by atoms with Crippen LogP contribution in [0.2, 0.25) is 0 Å². The molecule has 2 aromatic carbocycles. The number of carbonyl (C=O) groups is 2. The second-order valence-electron chi connectivity index (χ2n) is 7.60. The summed E-state index contributed by atoms with van der Waals surface area (Å²) in [4.78, 5) is 25.4. The van der Waals surface area contributed by atoms with E-state index >= 15 is 0 Å². The van der Waals surface area contributed by atoms with Crippen LogP contribution in [0.15, 0.2) is 48.5 Å². The fourth-order valence-electron chi connectivity index (χ4n) is 3.08. The second kappa shape index (κ2) is 10.2. The van der Waals surface area contributed by atoms with E-state index in [0.29, 0.717) is 10.8 Å². The average molecular weight is 438 g/mol. The molecular formula is C23H27N5O2S. The third-order valence-corrected chi connectivity index (χ3v) is 5.87. The fraction of sp³-hybridized carbons (Fsp3) is 0.304. The molecule has 0 aliphatic rings. The number of rotatable bonds is 7. The number of aromatic nitrogens is 2. The van der Waals surface area contributed by atoms with E-state index in [1.54, 1.807) is 6.07 Å². The highest BCUT2D eigenvalue weighted by atomic mass is 32.1. The van der Waals surface area contributed by atoms with Crippen molar-refractivity contribution in [2.45, 2.75) is 40.2 Å². The number of hydrogen-bond donors (Lipinski definition) is 3. The van der Waals surface area contributed by atoms with Gasteiger partial charge in [0, 0.05) is 11.3 Å². The molecule has 0 saturated carbocycles. The molecule has 31 heavy (non-hydrogen) atoms. The molecule has 1 aromatic heterocycles. The lowest BCUT2D eigenvalue weighted by molar-refractivity contribution is -0.119. The first-order chi connectivity index (χ1) is 14.9. The van der Waals surface area contributed by atoms with E-state index in [2.05, 4.69) is 26.1 Å². The Morgan fingerprint density at radius 1 is 1.00 bits per heavy atom. The molecule has 3 aromatic rings. The summed E-state index contributed by atoms with van der Waals surface area (Å²) in [5.74, 6) is -0.381. The maximum Gasteiger partial charge on any atom is 0.319 e. The summed E-state index contributed by atoms with van der Waals surface area (Å²) < 4.78 is 0. The van der Waals surface area contributed by atoms with Crippen LogP contribution in [0.3, 0.4) is 0 Å². The Bertz CT molecular complexity index is 1070. The first kappa shape index (κ1) is 22.4. The minimum absolute atomic E-state index is 0.0626. The Kier molecular flexibility index (Phi) is 7.36. The molecule has 0 bridgehead atoms. The number of carbonyl (C=O) groups excluding carboxylic acids is 2. The molecule has 0 radical (unpaired) electrons. The molecule has 0 aliphatic carbocycles. The predicted molar refractivity (Wildman–Crippen MR) is 125 cm³/mol. The topological polar surface area (TPSA) is 96.0 Å². The molecule has 3 rings (SSSR count). The number of nitrogens with zero attached hydrogens (tertiary/aromatic N) is 2. The van der Waals surface area contributed by atoms with Crippen molar-refractivity contribution >= 4 is 34.1 Å². The van der Waals surface area contributed by atoms with Crippen LogP contribution in [-0.4, -0.2) is 28.2 Å². The SMILES string of the molecule is CC[C@H](C)[C@@H](NC(=O)Nc1cccc(C)c1)C(=O)Nc1nnc(-c2cccc(C)c2)s1. The molecule has 1 heterocycles. The van der Waals surface area contributed by atoms with Gasteiger partial charge in [0.2, 0.25) is 11.0 Å². The van der Waals surface area contributed by atoms with Crippen molar-refractivity contribution < 1.29 is 9.59 Å². The molecule has 162 valence electrons. The zero-order valence-electron chi connectivity index (χ0n) is 18.1. The molecule has 3 N–H and O–H groups in total. The third kappa shape index (κ3) is 6.11. The molecule has 3 amide bonds. The number of aryl methyl sites for hydroxylation is 2. The van der Waals surface area contributed by atoms with Crippen molar-refractivity contribution in [3.63, 3.8) is 0 Å². The van der Waals surface area contributed by atoms with E-state index in [1.165, 1.54) is 11.3 Å². The van der Waals surface area contributed by atoms with Gasteiger partial charge in [-0.05, 0) is 43.5 Å². The highest BCUT2D eigenvalue weighted by molar-refractivity contribution is 7.18. The summed E-state index contributed by atoms with van der Waals surface area (Å²) in [5, 5.41) is 17.8. The first-order valence-electron chi connectivity index (χ1n) is 10.2. The Balaban J connectivity index is 1.68. The molecule has 8 heteroatoms. The Labute approximate surface area is 186 Å². The highest BCUT2D eigenvalue weighted by Crippen LogP contribution is 2.27. The van der Waals surface area contributed by atoms with Gasteiger partial charge in [0.05, 0.1) is 0 Å². The van der Waals surface area contributed by atoms with Crippen LogP contribution < -0.4 is 16.0 Å². The Hall–Kier alpha value is -3.26. The average Bonchev–Trinajstić information content (AvgIpc) is 3.20. The number of nitrogens with one attached hydrogen (secondary N) is 3. The summed E-state index contributed by atoms with van der Waals surface area (Å²) in [6, 6.07) is 14.3. The molecule has 7 nitrogen and oxygen atoms in total. The first-order valence-corrected chi connectivity index (χ1v) is 11.0. The van der Waals surface area contributed by atoms with Gasteiger partial charge in [-0.25, -0.2) is 4.79 Å². The van der Waals surface area contributed by atoms with Crippen LogP contribution in [-0.2, 0) is 4.79 Å². The van der Waals surface area contributed by atoms with Crippen LogP contribution in [0.4, 0.5) is 15.6 Å². The number of urea groups is 1. The van der Waals surface area contributed by atoms with Crippen molar-refractivity contribution in [2.24, 2.45) is 5.92 Å². The minimum Gasteiger partial charge on any atom is -0.326 e. The Morgan fingerprint density at radius 2 is 1.71 bits per heavy atom. The summed E-state index contributed by atoms with van der Waals surface area (Å²) in [5.41, 5.74) is 3.79. The third-order valence-electron chi connectivity index (χ3n) is 4.98. The van der Waals surface area contributed by atoms with Gasteiger partial charge in [0.25, 0.3) is 0 Å². The van der Waals surface area contributed by atoms with Gasteiger partial charge in [-0.1, -0.05) is 67.5 Å². The van der Waals surface area contributed by atoms with Gasteiger partial charge < -0.3 is 10.6 Å². The zero-order valence-corrected chi connectivity index (χ0v) is 18.9. The molecular weight excluding hydrogens is 410 g/mol. The summed E-state index contributed by atoms with van der Waals surface area (Å²) >= 11 is 1.30. The lowest BCUT2D eigenvalue weighted by Crippen LogP contribution is -2.49. The summed E-state index contributed by atoms with van der Waals surface area (Å²) in [7, 11) is 0. The lowest BCUT2D eigenvalue weighted by Gasteiger charge is -2.23. The van der Waals surface area contributed by atoms with Crippen LogP contribution >= 0.6 is 11.3 Å². The molecule has 0 spiro atoms. The van der Waals surface area contributed by atoms with E-state index in [1.807, 2.05) is 70.2 Å². The Morgan fingerprint density at radius 3 is 2.39 bits per heavy atom. The van der Waals surface area contributed by atoms with Gasteiger partial charge in [0.15, 0.2) is 0 Å². The maximum atomic E-state index is 12.9. The van der Waals surface area contributed by atoms with Crippen molar-refractivity contribution in [1.29, 1.82) is 0 Å². The summed E-state index contributed by atoms with van der Waals surface area (Å²) in [6.45, 7) is 7.87. The highest BCUT2D eigenvalue weighted by Gasteiger charge is 2.27. The molecule has 0 saturated heterocycles. The predicted octanol–water partition coefficient (Wildman–Crippen LogP) is 5.00. The van der Waals surface area contributed by atoms with Gasteiger partial charge in [-0.2, -0.15) is 0 Å². The van der Waals surface area contributed by atoms with Crippen molar-refractivity contribution in [2.75, 3.05) is 10.6 Å². The number of amides is 3. The maximum absolute atomic E-state index is 12.9. The van der Waals surface area contributed by atoms with E-state index in [0.717, 1.165) is 28.1 Å². The fourth-order valence-corrected chi connectivity index (χ4v) is 3.83. The van der Waals surface area contributed by atoms with E-state index in [4.69, 9.17) is 0 Å². The smallest absolute Gasteiger partial charge is 0.319 e. The van der Waals surface area contributed by atoms with E-state index in [9.17, 15) is 9.59 Å². The quantitative estimate of drug-likeness (QED) is 0.485. The summed E-state index contributed by atoms with van der Waals surface area (Å²) in [6.07, 6.45) is 0.730. The van der Waals surface area contributed by atoms with Crippen molar-refractivity contribution in [3.8, 4) is 10.6 Å². The van der Waals surface area contributed by atoms with Crippen LogP contribution in [0, 0.1) is 19.8 Å². The number of anilines is 2. The largest absolute Gasteiger partial charge is 0.326 e.